The topological polar surface area (TPSA) is 69.9 Å². The van der Waals surface area contributed by atoms with Crippen molar-refractivity contribution in [2.24, 2.45) is 23.5 Å². The highest BCUT2D eigenvalue weighted by Gasteiger charge is 2.41. The summed E-state index contributed by atoms with van der Waals surface area (Å²) < 4.78 is 0. The molecule has 4 aliphatic rings. The van der Waals surface area contributed by atoms with Gasteiger partial charge in [0.15, 0.2) is 0 Å². The van der Waals surface area contributed by atoms with E-state index in [1.165, 1.54) is 19.3 Å². The van der Waals surface area contributed by atoms with E-state index in [1.807, 2.05) is 4.90 Å². The van der Waals surface area contributed by atoms with E-state index in [1.54, 1.807) is 0 Å². The van der Waals surface area contributed by atoms with Crippen LogP contribution in [0.25, 0.3) is 0 Å². The summed E-state index contributed by atoms with van der Waals surface area (Å²) in [4.78, 5) is 31.9. The molecule has 2 bridgehead atoms. The van der Waals surface area contributed by atoms with Gasteiger partial charge in [0.25, 0.3) is 0 Å². The lowest BCUT2D eigenvalue weighted by Crippen LogP contribution is -2.50. The number of carbonyl (C=O) groups is 2. The molecule has 2 N–H and O–H groups in total. The minimum absolute atomic E-state index is 0.179. The van der Waals surface area contributed by atoms with E-state index in [0.717, 1.165) is 71.4 Å². The first-order valence-electron chi connectivity index (χ1n) is 11.2. The van der Waals surface area contributed by atoms with Gasteiger partial charge in [-0.15, -0.1) is 0 Å². The molecule has 0 aromatic carbocycles. The minimum atomic E-state index is 0.179. The van der Waals surface area contributed by atoms with Crippen LogP contribution in [0.3, 0.4) is 0 Å². The van der Waals surface area contributed by atoms with E-state index in [0.29, 0.717) is 30.3 Å². The Hall–Kier alpha value is -1.14. The van der Waals surface area contributed by atoms with Gasteiger partial charge in [0.1, 0.15) is 0 Å². The average Bonchev–Trinajstić information content (AvgIpc) is 3.09. The normalized spacial score (nSPS) is 35.1. The molecular weight excluding hydrogens is 340 g/mol. The molecule has 2 unspecified atom stereocenters. The molecule has 4 rings (SSSR count). The van der Waals surface area contributed by atoms with Crippen LogP contribution in [0.1, 0.15) is 51.4 Å². The van der Waals surface area contributed by atoms with Crippen molar-refractivity contribution in [2.75, 3.05) is 45.8 Å². The number of rotatable bonds is 3. The van der Waals surface area contributed by atoms with E-state index in [9.17, 15) is 9.59 Å². The van der Waals surface area contributed by atoms with Crippen molar-refractivity contribution < 1.29 is 9.59 Å². The third-order valence-corrected chi connectivity index (χ3v) is 7.48. The zero-order valence-corrected chi connectivity index (χ0v) is 16.7. The first-order chi connectivity index (χ1) is 13.1. The highest BCUT2D eigenvalue weighted by Crippen LogP contribution is 2.42. The summed E-state index contributed by atoms with van der Waals surface area (Å²) in [6.07, 6.45) is 8.92. The molecule has 152 valence electrons. The van der Waals surface area contributed by atoms with Gasteiger partial charge in [-0.25, -0.2) is 0 Å². The summed E-state index contributed by atoms with van der Waals surface area (Å²) in [5, 5.41) is 0. The monoisotopic (exact) mass is 376 g/mol. The number of nitrogens with two attached hydrogens (primary N) is 1. The molecule has 6 heteroatoms. The molecule has 2 saturated heterocycles. The second-order valence-corrected chi connectivity index (χ2v) is 9.24. The first kappa shape index (κ1) is 19.2. The van der Waals surface area contributed by atoms with Crippen molar-refractivity contribution >= 4 is 11.8 Å². The van der Waals surface area contributed by atoms with Crippen LogP contribution in [-0.2, 0) is 9.59 Å². The van der Waals surface area contributed by atoms with Crippen molar-refractivity contribution in [3.8, 4) is 0 Å². The van der Waals surface area contributed by atoms with Crippen molar-refractivity contribution in [1.29, 1.82) is 0 Å². The van der Waals surface area contributed by atoms with Gasteiger partial charge >= 0.3 is 0 Å². The van der Waals surface area contributed by atoms with E-state index in [2.05, 4.69) is 9.80 Å². The first-order valence-corrected chi connectivity index (χ1v) is 11.2. The van der Waals surface area contributed by atoms with Gasteiger partial charge in [-0.3, -0.25) is 14.5 Å². The molecule has 2 saturated carbocycles. The van der Waals surface area contributed by atoms with Gasteiger partial charge in [-0.05, 0) is 56.8 Å². The summed E-state index contributed by atoms with van der Waals surface area (Å²) in [6.45, 7) is 5.71. The van der Waals surface area contributed by atoms with Crippen LogP contribution in [0.15, 0.2) is 0 Å². The van der Waals surface area contributed by atoms with Gasteiger partial charge in [0.2, 0.25) is 11.8 Å². The number of likely N-dealkylation sites (tertiary alicyclic amines) is 1. The Kier molecular flexibility index (Phi) is 6.02. The Labute approximate surface area is 163 Å². The summed E-state index contributed by atoms with van der Waals surface area (Å²) in [7, 11) is 0. The minimum Gasteiger partial charge on any atom is -0.342 e. The average molecular weight is 377 g/mol. The third-order valence-electron chi connectivity index (χ3n) is 7.48. The van der Waals surface area contributed by atoms with Crippen LogP contribution >= 0.6 is 0 Å². The lowest BCUT2D eigenvalue weighted by molar-refractivity contribution is -0.138. The Morgan fingerprint density at radius 3 is 2.15 bits per heavy atom. The third kappa shape index (κ3) is 4.32. The van der Waals surface area contributed by atoms with Gasteiger partial charge < -0.3 is 15.5 Å². The standard InChI is InChI=1S/C21H36N4O2/c22-20-16-5-3-6-17(20)14-18(13-16)21(27)25-10-4-7-23(11-12-25)15-19(26)24-8-1-2-9-24/h16-18,20H,1-15,22H2. The Morgan fingerprint density at radius 2 is 1.44 bits per heavy atom. The fourth-order valence-corrected chi connectivity index (χ4v) is 5.86. The molecule has 0 spiro atoms. The molecule has 2 aliphatic carbocycles. The Bertz CT molecular complexity index is 534. The maximum Gasteiger partial charge on any atom is 0.236 e. The Morgan fingerprint density at radius 1 is 0.778 bits per heavy atom. The number of nitrogens with zero attached hydrogens (tertiary/aromatic N) is 3. The predicted octanol–water partition coefficient (Wildman–Crippen LogP) is 1.30. The summed E-state index contributed by atoms with van der Waals surface area (Å²) >= 11 is 0. The number of hydrogen-bond donors (Lipinski definition) is 1. The maximum absolute atomic E-state index is 13.2. The fourth-order valence-electron chi connectivity index (χ4n) is 5.86. The lowest BCUT2D eigenvalue weighted by atomic mass is 9.65. The van der Waals surface area contributed by atoms with Gasteiger partial charge in [0.05, 0.1) is 6.54 Å². The van der Waals surface area contributed by atoms with Gasteiger partial charge in [-0.2, -0.15) is 0 Å². The van der Waals surface area contributed by atoms with E-state index in [4.69, 9.17) is 5.73 Å². The largest absolute Gasteiger partial charge is 0.342 e. The van der Waals surface area contributed by atoms with E-state index >= 15 is 0 Å². The van der Waals surface area contributed by atoms with Crippen LogP contribution < -0.4 is 5.73 Å². The van der Waals surface area contributed by atoms with Gasteiger partial charge in [-0.1, -0.05) is 6.42 Å². The van der Waals surface area contributed by atoms with Crippen LogP contribution in [0, 0.1) is 17.8 Å². The van der Waals surface area contributed by atoms with Crippen LogP contribution in [-0.4, -0.2) is 78.4 Å². The molecule has 27 heavy (non-hydrogen) atoms. The van der Waals surface area contributed by atoms with Crippen molar-refractivity contribution in [3.63, 3.8) is 0 Å². The molecule has 6 nitrogen and oxygen atoms in total. The highest BCUT2D eigenvalue weighted by molar-refractivity contribution is 5.79. The smallest absolute Gasteiger partial charge is 0.236 e. The number of fused-ring (bicyclic) bond motifs is 2. The second kappa shape index (κ2) is 8.48. The second-order valence-electron chi connectivity index (χ2n) is 9.24. The van der Waals surface area contributed by atoms with Crippen LogP contribution in [0.5, 0.6) is 0 Å². The summed E-state index contributed by atoms with van der Waals surface area (Å²) in [5.41, 5.74) is 6.40. The SMILES string of the molecule is NC1C2CCCC1CC(C(=O)N1CCCN(CC(=O)N3CCCC3)CC1)C2. The highest BCUT2D eigenvalue weighted by atomic mass is 16.2. The van der Waals surface area contributed by atoms with E-state index in [-0.39, 0.29) is 11.8 Å². The zero-order valence-electron chi connectivity index (χ0n) is 16.7. The zero-order chi connectivity index (χ0) is 18.8. The van der Waals surface area contributed by atoms with Crippen molar-refractivity contribution in [1.82, 2.24) is 14.7 Å². The van der Waals surface area contributed by atoms with Crippen LogP contribution in [0.2, 0.25) is 0 Å². The molecular formula is C21H36N4O2. The molecule has 2 amide bonds. The van der Waals surface area contributed by atoms with Crippen molar-refractivity contribution in [3.05, 3.63) is 0 Å². The number of amides is 2. The quantitative estimate of drug-likeness (QED) is 0.806. The van der Waals surface area contributed by atoms with Crippen LogP contribution in [0.4, 0.5) is 0 Å². The maximum atomic E-state index is 13.2. The molecule has 4 fully saturated rings. The van der Waals surface area contributed by atoms with Crippen molar-refractivity contribution in [2.45, 2.75) is 57.4 Å². The summed E-state index contributed by atoms with van der Waals surface area (Å²) in [6, 6.07) is 0.319. The predicted molar refractivity (Wildman–Crippen MR) is 105 cm³/mol. The van der Waals surface area contributed by atoms with E-state index < -0.39 is 0 Å². The molecule has 0 aromatic rings. The molecule has 2 heterocycles. The fraction of sp³-hybridized carbons (Fsp3) is 0.905. The number of carbonyl (C=O) groups excluding carboxylic acids is 2. The molecule has 2 atom stereocenters. The summed E-state index contributed by atoms with van der Waals surface area (Å²) in [5.74, 6) is 1.90. The Balaban J connectivity index is 1.29. The lowest BCUT2D eigenvalue weighted by Gasteiger charge is -2.44. The molecule has 2 aliphatic heterocycles. The number of hydrogen-bond acceptors (Lipinski definition) is 4. The molecule has 0 aromatic heterocycles. The van der Waals surface area contributed by atoms with Gasteiger partial charge in [0, 0.05) is 51.2 Å². The molecule has 0 radical (unpaired) electrons.